The molecule has 0 aromatic carbocycles. The van der Waals surface area contributed by atoms with Crippen LogP contribution in [0.4, 0.5) is 0 Å². The van der Waals surface area contributed by atoms with E-state index >= 15 is 0 Å². The smallest absolute Gasteiger partial charge is 0.246 e. The fourth-order valence-electron chi connectivity index (χ4n) is 0.545. The zero-order valence-corrected chi connectivity index (χ0v) is 9.80. The summed E-state index contributed by atoms with van der Waals surface area (Å²) < 4.78 is 0. The van der Waals surface area contributed by atoms with Crippen molar-refractivity contribution < 1.29 is 39.5 Å². The van der Waals surface area contributed by atoms with Crippen molar-refractivity contribution in [2.75, 3.05) is 13.2 Å². The van der Waals surface area contributed by atoms with Crippen molar-refractivity contribution >= 4 is 0 Å². The predicted octanol–water partition coefficient (Wildman–Crippen LogP) is 1.38. The van der Waals surface area contributed by atoms with Crippen LogP contribution >= 0.6 is 0 Å². The van der Waals surface area contributed by atoms with Gasteiger partial charge >= 0.3 is 5.97 Å². The van der Waals surface area contributed by atoms with Crippen molar-refractivity contribution in [1.82, 2.24) is 0 Å². The minimum atomic E-state index is -1.90. The summed E-state index contributed by atoms with van der Waals surface area (Å²) in [7, 11) is 0. The van der Waals surface area contributed by atoms with Gasteiger partial charge in [-0.2, -0.15) is 19.6 Å². The molecule has 2 atom stereocenters. The molecule has 98 valence electrons. The van der Waals surface area contributed by atoms with Gasteiger partial charge in [-0.05, 0) is 20.8 Å². The molecule has 0 saturated heterocycles. The highest BCUT2D eigenvalue weighted by atomic mass is 17.4. The standard InChI is InChI=1S/C8H18O8/c1-5-10-12-7(3)13-16-8(4,14-9)15-11-6-2/h7,9H,5-6H2,1-4H3. The SMILES string of the molecule is CCOOC(C)OOC(C)(OO)OOCC. The first kappa shape index (κ1) is 15.7. The van der Waals surface area contributed by atoms with Crippen LogP contribution in [0.1, 0.15) is 27.7 Å². The fourth-order valence-corrected chi connectivity index (χ4v) is 0.545. The lowest BCUT2D eigenvalue weighted by Gasteiger charge is -2.23. The molecule has 0 radical (unpaired) electrons. The molecule has 0 aliphatic rings. The minimum Gasteiger partial charge on any atom is -0.246 e. The van der Waals surface area contributed by atoms with Gasteiger partial charge in [-0.25, -0.2) is 19.9 Å². The van der Waals surface area contributed by atoms with Crippen molar-refractivity contribution in [2.24, 2.45) is 0 Å². The molecule has 0 aliphatic carbocycles. The Balaban J connectivity index is 3.83. The zero-order valence-electron chi connectivity index (χ0n) is 9.80. The summed E-state index contributed by atoms with van der Waals surface area (Å²) in [4.78, 5) is 31.5. The summed E-state index contributed by atoms with van der Waals surface area (Å²) in [5.41, 5.74) is 0. The molecule has 0 aromatic rings. The Morgan fingerprint density at radius 2 is 1.69 bits per heavy atom. The van der Waals surface area contributed by atoms with E-state index in [1.54, 1.807) is 13.8 Å². The summed E-state index contributed by atoms with van der Waals surface area (Å²) in [6.07, 6.45) is -0.834. The number of hydrogen-bond acceptors (Lipinski definition) is 8. The lowest BCUT2D eigenvalue weighted by Crippen LogP contribution is -2.36. The van der Waals surface area contributed by atoms with E-state index in [4.69, 9.17) is 5.26 Å². The van der Waals surface area contributed by atoms with E-state index in [1.165, 1.54) is 13.8 Å². The summed E-state index contributed by atoms with van der Waals surface area (Å²) in [5, 5.41) is 8.52. The average Bonchev–Trinajstić information content (AvgIpc) is 2.31. The van der Waals surface area contributed by atoms with Gasteiger partial charge in [0.2, 0.25) is 6.29 Å². The maximum absolute atomic E-state index is 8.52. The monoisotopic (exact) mass is 242 g/mol. The molecular weight excluding hydrogens is 224 g/mol. The van der Waals surface area contributed by atoms with E-state index < -0.39 is 12.3 Å². The van der Waals surface area contributed by atoms with Gasteiger partial charge < -0.3 is 0 Å². The van der Waals surface area contributed by atoms with E-state index in [-0.39, 0.29) is 6.61 Å². The van der Waals surface area contributed by atoms with E-state index in [0.717, 1.165) is 0 Å². The molecule has 0 aromatic heterocycles. The van der Waals surface area contributed by atoms with Gasteiger partial charge in [-0.3, -0.25) is 0 Å². The van der Waals surface area contributed by atoms with Crippen LogP contribution in [-0.4, -0.2) is 30.7 Å². The topological polar surface area (TPSA) is 84.8 Å². The molecule has 0 fully saturated rings. The molecule has 8 heteroatoms. The summed E-state index contributed by atoms with van der Waals surface area (Å²) in [6.45, 7) is 6.76. The number of rotatable bonds is 10. The molecule has 0 heterocycles. The predicted molar refractivity (Wildman–Crippen MR) is 49.2 cm³/mol. The summed E-state index contributed by atoms with van der Waals surface area (Å²) >= 11 is 0. The van der Waals surface area contributed by atoms with Crippen LogP contribution in [0.3, 0.4) is 0 Å². The van der Waals surface area contributed by atoms with Gasteiger partial charge in [0.05, 0.1) is 13.2 Å². The molecule has 16 heavy (non-hydrogen) atoms. The largest absolute Gasteiger partial charge is 0.362 e. The van der Waals surface area contributed by atoms with Crippen LogP contribution in [0.2, 0.25) is 0 Å². The van der Waals surface area contributed by atoms with Crippen molar-refractivity contribution in [3.05, 3.63) is 0 Å². The second-order valence-electron chi connectivity index (χ2n) is 2.69. The van der Waals surface area contributed by atoms with Crippen LogP contribution in [0.15, 0.2) is 0 Å². The average molecular weight is 242 g/mol. The normalized spacial score (nSPS) is 17.1. The van der Waals surface area contributed by atoms with Crippen LogP contribution in [0.25, 0.3) is 0 Å². The maximum atomic E-state index is 8.52. The molecule has 1 N–H and O–H groups in total. The highest BCUT2D eigenvalue weighted by Gasteiger charge is 2.32. The zero-order chi connectivity index (χ0) is 12.4. The van der Waals surface area contributed by atoms with Gasteiger partial charge in [0.15, 0.2) is 0 Å². The molecule has 2 unspecified atom stereocenters. The first-order valence-electron chi connectivity index (χ1n) is 4.84. The third-order valence-electron chi connectivity index (χ3n) is 1.15. The highest BCUT2D eigenvalue weighted by Crippen LogP contribution is 2.15. The molecule has 0 rings (SSSR count). The Bertz CT molecular complexity index is 166. The van der Waals surface area contributed by atoms with Crippen LogP contribution in [0, 0.1) is 0 Å². The Kier molecular flexibility index (Phi) is 8.61. The van der Waals surface area contributed by atoms with Gasteiger partial charge in [0, 0.05) is 6.92 Å². The Morgan fingerprint density at radius 1 is 1.06 bits per heavy atom. The van der Waals surface area contributed by atoms with Crippen LogP contribution in [-0.2, 0) is 34.2 Å². The molecule has 8 nitrogen and oxygen atoms in total. The minimum absolute atomic E-state index is 0.243. The Morgan fingerprint density at radius 3 is 2.19 bits per heavy atom. The number of hydrogen-bond donors (Lipinski definition) is 1. The highest BCUT2D eigenvalue weighted by molar-refractivity contribution is 4.34. The molecule has 0 saturated carbocycles. The molecule has 0 amide bonds. The quantitative estimate of drug-likeness (QED) is 0.349. The van der Waals surface area contributed by atoms with E-state index in [9.17, 15) is 0 Å². The first-order valence-corrected chi connectivity index (χ1v) is 4.84. The second-order valence-corrected chi connectivity index (χ2v) is 2.69. The molecule has 0 spiro atoms. The Hall–Kier alpha value is -0.320. The van der Waals surface area contributed by atoms with E-state index in [2.05, 4.69) is 34.2 Å². The van der Waals surface area contributed by atoms with Gasteiger partial charge in [0.25, 0.3) is 0 Å². The first-order chi connectivity index (χ1) is 7.58. The van der Waals surface area contributed by atoms with Crippen LogP contribution in [0.5, 0.6) is 0 Å². The fraction of sp³-hybridized carbons (Fsp3) is 1.00. The second kappa shape index (κ2) is 8.79. The van der Waals surface area contributed by atoms with Crippen molar-refractivity contribution in [1.29, 1.82) is 0 Å². The van der Waals surface area contributed by atoms with Crippen molar-refractivity contribution in [3.8, 4) is 0 Å². The van der Waals surface area contributed by atoms with Gasteiger partial charge in [-0.15, -0.1) is 0 Å². The molecule has 0 bridgehead atoms. The molecule has 0 aliphatic heterocycles. The lowest BCUT2D eigenvalue weighted by molar-refractivity contribution is -0.637. The van der Waals surface area contributed by atoms with Gasteiger partial charge in [-0.1, -0.05) is 0 Å². The lowest BCUT2D eigenvalue weighted by atomic mass is 10.7. The van der Waals surface area contributed by atoms with E-state index in [0.29, 0.717) is 6.61 Å². The maximum Gasteiger partial charge on any atom is 0.362 e. The molecular formula is C8H18O8. The van der Waals surface area contributed by atoms with Gasteiger partial charge in [0.1, 0.15) is 0 Å². The third-order valence-corrected chi connectivity index (χ3v) is 1.15. The van der Waals surface area contributed by atoms with E-state index in [1.807, 2.05) is 0 Å². The van der Waals surface area contributed by atoms with Crippen LogP contribution < -0.4 is 0 Å². The van der Waals surface area contributed by atoms with Crippen molar-refractivity contribution in [3.63, 3.8) is 0 Å². The Labute approximate surface area is 93.6 Å². The summed E-state index contributed by atoms with van der Waals surface area (Å²) in [5.74, 6) is -1.90. The third kappa shape index (κ3) is 7.04. The summed E-state index contributed by atoms with van der Waals surface area (Å²) in [6, 6.07) is 0. The van der Waals surface area contributed by atoms with Crippen molar-refractivity contribution in [2.45, 2.75) is 40.0 Å².